The Morgan fingerprint density at radius 2 is 1.72 bits per heavy atom. The second kappa shape index (κ2) is 4.27. The third kappa shape index (κ3) is 1.83. The predicted molar refractivity (Wildman–Crippen MR) is 73.8 cm³/mol. The fourth-order valence-electron chi connectivity index (χ4n) is 3.84. The molecular formula is C16H23NO. The lowest BCUT2D eigenvalue weighted by atomic mass is 9.61. The summed E-state index contributed by atoms with van der Waals surface area (Å²) in [5, 5.41) is 0. The largest absolute Gasteiger partial charge is 0.490 e. The highest BCUT2D eigenvalue weighted by Gasteiger charge is 2.56. The van der Waals surface area contributed by atoms with Crippen LogP contribution in [0.15, 0.2) is 18.2 Å². The molecule has 1 aromatic carbocycles. The van der Waals surface area contributed by atoms with Gasteiger partial charge in [-0.15, -0.1) is 0 Å². The van der Waals surface area contributed by atoms with E-state index in [1.54, 1.807) is 0 Å². The number of ether oxygens (including phenoxy) is 1. The van der Waals surface area contributed by atoms with Gasteiger partial charge in [-0.2, -0.15) is 0 Å². The Kier molecular flexibility index (Phi) is 2.86. The molecule has 2 aliphatic rings. The first-order valence-corrected chi connectivity index (χ1v) is 7.11. The molecule has 0 heterocycles. The van der Waals surface area contributed by atoms with Gasteiger partial charge in [-0.3, -0.25) is 0 Å². The zero-order chi connectivity index (χ0) is 12.8. The summed E-state index contributed by atoms with van der Waals surface area (Å²) in [4.78, 5) is 0. The van der Waals surface area contributed by atoms with Gasteiger partial charge in [-0.05, 0) is 49.9 Å². The molecule has 2 nitrogen and oxygen atoms in total. The van der Waals surface area contributed by atoms with E-state index in [4.69, 9.17) is 10.5 Å². The van der Waals surface area contributed by atoms with Crippen LogP contribution in [0.2, 0.25) is 0 Å². The molecule has 2 unspecified atom stereocenters. The summed E-state index contributed by atoms with van der Waals surface area (Å²) in [6, 6.07) is 6.82. The molecule has 3 rings (SSSR count). The summed E-state index contributed by atoms with van der Waals surface area (Å²) >= 11 is 0. The zero-order valence-corrected chi connectivity index (χ0v) is 11.4. The van der Waals surface area contributed by atoms with Crippen LogP contribution in [-0.4, -0.2) is 12.1 Å². The molecule has 0 amide bonds. The lowest BCUT2D eigenvalue weighted by Gasteiger charge is -2.52. The molecule has 2 atom stereocenters. The summed E-state index contributed by atoms with van der Waals surface area (Å²) in [7, 11) is 0. The topological polar surface area (TPSA) is 35.2 Å². The van der Waals surface area contributed by atoms with E-state index in [9.17, 15) is 0 Å². The average Bonchev–Trinajstić information content (AvgIpc) is 2.79. The first-order valence-electron chi connectivity index (χ1n) is 7.11. The van der Waals surface area contributed by atoms with E-state index in [0.717, 1.165) is 12.2 Å². The molecule has 0 radical (unpaired) electrons. The SMILES string of the molecule is Cc1cc(C)cc(OC2CC(N)C23CCCC3)c1. The van der Waals surface area contributed by atoms with Crippen LogP contribution in [0.4, 0.5) is 0 Å². The third-order valence-corrected chi connectivity index (χ3v) is 4.86. The Labute approximate surface area is 110 Å². The summed E-state index contributed by atoms with van der Waals surface area (Å²) in [5.74, 6) is 1.02. The number of aryl methyl sites for hydroxylation is 2. The van der Waals surface area contributed by atoms with Gasteiger partial charge in [0, 0.05) is 17.9 Å². The number of hydrogen-bond donors (Lipinski definition) is 1. The number of nitrogens with two attached hydrogens (primary N) is 1. The third-order valence-electron chi connectivity index (χ3n) is 4.86. The monoisotopic (exact) mass is 245 g/mol. The Morgan fingerprint density at radius 3 is 2.28 bits per heavy atom. The molecule has 2 heteroatoms. The van der Waals surface area contributed by atoms with Crippen LogP contribution in [0.5, 0.6) is 5.75 Å². The maximum Gasteiger partial charge on any atom is 0.120 e. The molecule has 1 spiro atoms. The van der Waals surface area contributed by atoms with Crippen molar-refractivity contribution < 1.29 is 4.74 Å². The van der Waals surface area contributed by atoms with Crippen molar-refractivity contribution in [2.24, 2.45) is 11.1 Å². The first-order chi connectivity index (χ1) is 8.60. The van der Waals surface area contributed by atoms with Crippen molar-refractivity contribution in [3.63, 3.8) is 0 Å². The molecule has 0 bridgehead atoms. The average molecular weight is 245 g/mol. The van der Waals surface area contributed by atoms with Crippen molar-refractivity contribution in [1.29, 1.82) is 0 Å². The smallest absolute Gasteiger partial charge is 0.120 e. The van der Waals surface area contributed by atoms with E-state index in [1.807, 2.05) is 0 Å². The highest BCUT2D eigenvalue weighted by Crippen LogP contribution is 2.53. The minimum absolute atomic E-state index is 0.289. The van der Waals surface area contributed by atoms with Gasteiger partial charge in [0.1, 0.15) is 11.9 Å². The highest BCUT2D eigenvalue weighted by atomic mass is 16.5. The standard InChI is InChI=1S/C16H23NO/c1-11-7-12(2)9-13(8-11)18-15-10-14(17)16(15)5-3-4-6-16/h7-9,14-15H,3-6,10,17H2,1-2H3. The maximum atomic E-state index is 6.24. The van der Waals surface area contributed by atoms with Crippen LogP contribution in [0, 0.1) is 19.3 Å². The van der Waals surface area contributed by atoms with Crippen LogP contribution in [0.25, 0.3) is 0 Å². The first kappa shape index (κ1) is 12.0. The molecule has 1 aromatic rings. The van der Waals surface area contributed by atoms with E-state index < -0.39 is 0 Å². The van der Waals surface area contributed by atoms with Crippen molar-refractivity contribution in [3.05, 3.63) is 29.3 Å². The molecule has 18 heavy (non-hydrogen) atoms. The van der Waals surface area contributed by atoms with Crippen molar-refractivity contribution in [3.8, 4) is 5.75 Å². The normalized spacial score (nSPS) is 29.3. The zero-order valence-electron chi connectivity index (χ0n) is 11.4. The molecule has 2 saturated carbocycles. The highest BCUT2D eigenvalue weighted by molar-refractivity contribution is 5.33. The molecule has 98 valence electrons. The minimum Gasteiger partial charge on any atom is -0.490 e. The predicted octanol–water partition coefficient (Wildman–Crippen LogP) is 3.34. The van der Waals surface area contributed by atoms with Gasteiger partial charge in [0.2, 0.25) is 0 Å². The van der Waals surface area contributed by atoms with Gasteiger partial charge in [0.15, 0.2) is 0 Å². The quantitative estimate of drug-likeness (QED) is 0.867. The van der Waals surface area contributed by atoms with Gasteiger partial charge in [0.25, 0.3) is 0 Å². The lowest BCUT2D eigenvalue weighted by molar-refractivity contribution is -0.0620. The van der Waals surface area contributed by atoms with Gasteiger partial charge < -0.3 is 10.5 Å². The van der Waals surface area contributed by atoms with Crippen molar-refractivity contribution in [2.75, 3.05) is 0 Å². The van der Waals surface area contributed by atoms with E-state index in [1.165, 1.54) is 36.8 Å². The number of hydrogen-bond acceptors (Lipinski definition) is 2. The van der Waals surface area contributed by atoms with Crippen molar-refractivity contribution in [2.45, 2.75) is 58.1 Å². The molecule has 2 aliphatic carbocycles. The lowest BCUT2D eigenvalue weighted by Crippen LogP contribution is -2.62. The second-order valence-corrected chi connectivity index (χ2v) is 6.21. The second-order valence-electron chi connectivity index (χ2n) is 6.21. The maximum absolute atomic E-state index is 6.24. The molecular weight excluding hydrogens is 222 g/mol. The minimum atomic E-state index is 0.289. The van der Waals surface area contributed by atoms with E-state index in [-0.39, 0.29) is 5.41 Å². The molecule has 0 aliphatic heterocycles. The molecule has 2 N–H and O–H groups in total. The van der Waals surface area contributed by atoms with Crippen LogP contribution in [-0.2, 0) is 0 Å². The van der Waals surface area contributed by atoms with E-state index >= 15 is 0 Å². The van der Waals surface area contributed by atoms with Crippen LogP contribution in [0.1, 0.15) is 43.2 Å². The van der Waals surface area contributed by atoms with Crippen molar-refractivity contribution in [1.82, 2.24) is 0 Å². The summed E-state index contributed by atoms with van der Waals surface area (Å²) in [5.41, 5.74) is 9.08. The van der Waals surface area contributed by atoms with Gasteiger partial charge >= 0.3 is 0 Å². The Morgan fingerprint density at radius 1 is 1.11 bits per heavy atom. The molecule has 0 saturated heterocycles. The van der Waals surface area contributed by atoms with E-state index in [2.05, 4.69) is 32.0 Å². The summed E-state index contributed by atoms with van der Waals surface area (Å²) < 4.78 is 6.24. The van der Waals surface area contributed by atoms with Crippen LogP contribution < -0.4 is 10.5 Å². The van der Waals surface area contributed by atoms with Crippen LogP contribution >= 0.6 is 0 Å². The Hall–Kier alpha value is -1.02. The van der Waals surface area contributed by atoms with Crippen LogP contribution in [0.3, 0.4) is 0 Å². The Balaban J connectivity index is 1.77. The van der Waals surface area contributed by atoms with Gasteiger partial charge in [0.05, 0.1) is 0 Å². The number of rotatable bonds is 2. The fourth-order valence-corrected chi connectivity index (χ4v) is 3.84. The number of benzene rings is 1. The molecule has 2 fully saturated rings. The van der Waals surface area contributed by atoms with Gasteiger partial charge in [-0.25, -0.2) is 0 Å². The fraction of sp³-hybridized carbons (Fsp3) is 0.625. The van der Waals surface area contributed by atoms with Crippen molar-refractivity contribution >= 4 is 0 Å². The molecule has 0 aromatic heterocycles. The van der Waals surface area contributed by atoms with Gasteiger partial charge in [-0.1, -0.05) is 18.9 Å². The summed E-state index contributed by atoms with van der Waals surface area (Å²) in [6.07, 6.45) is 6.51. The van der Waals surface area contributed by atoms with E-state index in [0.29, 0.717) is 12.1 Å². The Bertz CT molecular complexity index is 428. The summed E-state index contributed by atoms with van der Waals surface area (Å²) in [6.45, 7) is 4.25.